The molecule has 1 N–H and O–H groups in total. The van der Waals surface area contributed by atoms with E-state index in [9.17, 15) is 0 Å². The van der Waals surface area contributed by atoms with Crippen LogP contribution in [0.4, 0.5) is 5.69 Å². The number of nitrogens with one attached hydrogen (secondary N) is 1. The number of piperidine rings is 2. The van der Waals surface area contributed by atoms with Crippen LogP contribution in [-0.2, 0) is 0 Å². The van der Waals surface area contributed by atoms with Gasteiger partial charge in [-0.15, -0.1) is 12.4 Å². The number of rotatable bonds is 3. The lowest BCUT2D eigenvalue weighted by Gasteiger charge is -2.28. The van der Waals surface area contributed by atoms with Gasteiger partial charge in [-0.2, -0.15) is 0 Å². The van der Waals surface area contributed by atoms with E-state index in [4.69, 9.17) is 9.40 Å². The highest BCUT2D eigenvalue weighted by Crippen LogP contribution is 2.39. The summed E-state index contributed by atoms with van der Waals surface area (Å²) in [5, 5.41) is 3.48. The number of hydrogen-bond donors (Lipinski definition) is 1. The molecule has 154 valence electrons. The van der Waals surface area contributed by atoms with E-state index >= 15 is 0 Å². The van der Waals surface area contributed by atoms with Crippen molar-refractivity contribution in [2.45, 2.75) is 44.9 Å². The van der Waals surface area contributed by atoms with Gasteiger partial charge in [0.1, 0.15) is 11.3 Å². The third-order valence-electron chi connectivity index (χ3n) is 6.29. The monoisotopic (exact) mass is 411 g/mol. The Hall–Kier alpha value is -2.04. The van der Waals surface area contributed by atoms with Crippen molar-refractivity contribution in [2.75, 3.05) is 31.1 Å². The van der Waals surface area contributed by atoms with Crippen LogP contribution in [-0.4, -0.2) is 31.2 Å². The van der Waals surface area contributed by atoms with Crippen molar-refractivity contribution in [1.82, 2.24) is 10.3 Å². The lowest BCUT2D eigenvalue weighted by atomic mass is 9.86. The zero-order valence-corrected chi connectivity index (χ0v) is 17.9. The molecule has 29 heavy (non-hydrogen) atoms. The van der Waals surface area contributed by atoms with Crippen molar-refractivity contribution in [2.24, 2.45) is 0 Å². The summed E-state index contributed by atoms with van der Waals surface area (Å²) in [5.74, 6) is 1.56. The molecule has 1 aromatic carbocycles. The molecule has 2 aromatic heterocycles. The van der Waals surface area contributed by atoms with Gasteiger partial charge < -0.3 is 14.6 Å². The van der Waals surface area contributed by atoms with Crippen LogP contribution in [0, 0.1) is 6.92 Å². The quantitative estimate of drug-likeness (QED) is 0.601. The first-order chi connectivity index (χ1) is 13.8. The highest BCUT2D eigenvalue weighted by molar-refractivity contribution is 5.90. The highest BCUT2D eigenvalue weighted by atomic mass is 35.5. The second-order valence-corrected chi connectivity index (χ2v) is 8.27. The Kier molecular flexibility index (Phi) is 6.12. The normalized spacial score (nSPS) is 18.0. The molecule has 2 aliphatic heterocycles. The molecule has 3 aromatic rings. The molecular formula is C24H30ClN3O. The number of benzene rings is 1. The van der Waals surface area contributed by atoms with Crippen LogP contribution in [0.5, 0.6) is 0 Å². The predicted octanol–water partition coefficient (Wildman–Crippen LogP) is 5.68. The maximum atomic E-state index is 6.51. The Morgan fingerprint density at radius 1 is 1.03 bits per heavy atom. The van der Waals surface area contributed by atoms with Crippen LogP contribution in [0.25, 0.3) is 22.4 Å². The van der Waals surface area contributed by atoms with Gasteiger partial charge in [0.25, 0.3) is 0 Å². The second kappa shape index (κ2) is 8.76. The van der Waals surface area contributed by atoms with Gasteiger partial charge in [-0.05, 0) is 69.7 Å². The number of halogens is 1. The summed E-state index contributed by atoms with van der Waals surface area (Å²) in [6, 6.07) is 13.1. The van der Waals surface area contributed by atoms with Crippen molar-refractivity contribution in [3.63, 3.8) is 0 Å². The maximum absolute atomic E-state index is 6.51. The Bertz CT molecular complexity index is 971. The zero-order chi connectivity index (χ0) is 18.9. The number of nitrogens with zero attached hydrogens (tertiary/aromatic N) is 2. The smallest absolute Gasteiger partial charge is 0.176 e. The Morgan fingerprint density at radius 2 is 1.79 bits per heavy atom. The summed E-state index contributed by atoms with van der Waals surface area (Å²) in [6.45, 7) is 6.50. The minimum atomic E-state index is 0. The van der Waals surface area contributed by atoms with Gasteiger partial charge in [0.15, 0.2) is 5.58 Å². The van der Waals surface area contributed by atoms with Crippen LogP contribution < -0.4 is 10.2 Å². The number of aromatic nitrogens is 1. The molecule has 0 bridgehead atoms. The minimum absolute atomic E-state index is 0. The summed E-state index contributed by atoms with van der Waals surface area (Å²) in [6.07, 6.45) is 6.22. The van der Waals surface area contributed by atoms with E-state index in [2.05, 4.69) is 53.5 Å². The van der Waals surface area contributed by atoms with Crippen molar-refractivity contribution in [1.29, 1.82) is 0 Å². The number of anilines is 1. The molecule has 0 amide bonds. The van der Waals surface area contributed by atoms with Gasteiger partial charge in [0, 0.05) is 30.4 Å². The van der Waals surface area contributed by atoms with Crippen LogP contribution in [0.3, 0.4) is 0 Å². The summed E-state index contributed by atoms with van der Waals surface area (Å²) >= 11 is 0. The number of hydrogen-bond acceptors (Lipinski definition) is 4. The van der Waals surface area contributed by atoms with Gasteiger partial charge >= 0.3 is 0 Å². The minimum Gasteiger partial charge on any atom is -0.452 e. The van der Waals surface area contributed by atoms with Crippen molar-refractivity contribution >= 4 is 29.2 Å². The number of aryl methyl sites for hydroxylation is 1. The molecule has 2 saturated heterocycles. The van der Waals surface area contributed by atoms with Crippen molar-refractivity contribution in [3.8, 4) is 11.3 Å². The largest absolute Gasteiger partial charge is 0.452 e. The molecule has 4 nitrogen and oxygen atoms in total. The first-order valence-electron chi connectivity index (χ1n) is 10.8. The van der Waals surface area contributed by atoms with E-state index in [1.807, 2.05) is 0 Å². The first kappa shape index (κ1) is 20.2. The third-order valence-corrected chi connectivity index (χ3v) is 6.29. The molecule has 4 heterocycles. The van der Waals surface area contributed by atoms with Crippen LogP contribution in [0.15, 0.2) is 40.8 Å². The third kappa shape index (κ3) is 4.01. The van der Waals surface area contributed by atoms with Crippen LogP contribution in [0.2, 0.25) is 0 Å². The molecule has 0 saturated carbocycles. The fraction of sp³-hybridized carbons (Fsp3) is 0.458. The van der Waals surface area contributed by atoms with Crippen LogP contribution in [0.1, 0.15) is 49.3 Å². The molecule has 0 unspecified atom stereocenters. The molecule has 2 fully saturated rings. The summed E-state index contributed by atoms with van der Waals surface area (Å²) in [4.78, 5) is 7.27. The highest BCUT2D eigenvalue weighted by Gasteiger charge is 2.22. The fourth-order valence-electron chi connectivity index (χ4n) is 4.85. The van der Waals surface area contributed by atoms with E-state index in [0.29, 0.717) is 5.92 Å². The topological polar surface area (TPSA) is 41.3 Å². The zero-order valence-electron chi connectivity index (χ0n) is 17.1. The van der Waals surface area contributed by atoms with Gasteiger partial charge in [-0.1, -0.05) is 24.3 Å². The van der Waals surface area contributed by atoms with Crippen molar-refractivity contribution < 1.29 is 4.42 Å². The predicted molar refractivity (Wildman–Crippen MR) is 122 cm³/mol. The molecule has 0 spiro atoms. The molecule has 0 aliphatic carbocycles. The summed E-state index contributed by atoms with van der Waals surface area (Å²) in [5.41, 5.74) is 6.85. The second-order valence-electron chi connectivity index (χ2n) is 8.27. The summed E-state index contributed by atoms with van der Waals surface area (Å²) < 4.78 is 6.51. The van der Waals surface area contributed by atoms with Gasteiger partial charge in [0.05, 0.1) is 5.69 Å². The average Bonchev–Trinajstić information content (AvgIpc) is 3.18. The van der Waals surface area contributed by atoms with E-state index < -0.39 is 0 Å². The van der Waals surface area contributed by atoms with E-state index in [1.54, 1.807) is 0 Å². The fourth-order valence-corrected chi connectivity index (χ4v) is 4.85. The Balaban J connectivity index is 0.00000205. The van der Waals surface area contributed by atoms with Gasteiger partial charge in [-0.25, -0.2) is 4.98 Å². The average molecular weight is 412 g/mol. The lowest BCUT2D eigenvalue weighted by Crippen LogP contribution is -2.29. The van der Waals surface area contributed by atoms with E-state index in [0.717, 1.165) is 48.7 Å². The van der Waals surface area contributed by atoms with E-state index in [1.165, 1.54) is 48.9 Å². The number of fused-ring (bicyclic) bond motifs is 1. The number of furan rings is 1. The SMILES string of the molecule is Cc1cc(N2CCCCC2)c2oc(-c3ccccc3C3CCNCC3)cc2n1.Cl. The maximum Gasteiger partial charge on any atom is 0.176 e. The van der Waals surface area contributed by atoms with E-state index in [-0.39, 0.29) is 12.4 Å². The molecule has 2 aliphatic rings. The lowest BCUT2D eigenvalue weighted by molar-refractivity contribution is 0.460. The van der Waals surface area contributed by atoms with Gasteiger partial charge in [0.2, 0.25) is 0 Å². The molecule has 0 radical (unpaired) electrons. The Morgan fingerprint density at radius 3 is 2.59 bits per heavy atom. The van der Waals surface area contributed by atoms with Crippen LogP contribution >= 0.6 is 12.4 Å². The number of pyridine rings is 1. The molecule has 0 atom stereocenters. The molecule has 5 rings (SSSR count). The van der Waals surface area contributed by atoms with Crippen molar-refractivity contribution in [3.05, 3.63) is 47.7 Å². The first-order valence-corrected chi connectivity index (χ1v) is 10.8. The molecule has 5 heteroatoms. The standard InChI is InChI=1S/C24H29N3O.ClH/c1-17-15-22(27-13-5-2-6-14-27)24-21(26-17)16-23(28-24)20-8-4-3-7-19(20)18-9-11-25-12-10-18;/h3-4,7-8,15-16,18,25H,2,5-6,9-14H2,1H3;1H. The Labute approximate surface area is 179 Å². The van der Waals surface area contributed by atoms with Gasteiger partial charge in [-0.3, -0.25) is 0 Å². The molecular weight excluding hydrogens is 382 g/mol. The summed E-state index contributed by atoms with van der Waals surface area (Å²) in [7, 11) is 0.